The first-order valence-corrected chi connectivity index (χ1v) is 7.75. The molecule has 0 spiro atoms. The van der Waals surface area contributed by atoms with E-state index in [2.05, 4.69) is 43.1 Å². The van der Waals surface area contributed by atoms with Crippen LogP contribution in [0.15, 0.2) is 41.8 Å². The average Bonchev–Trinajstić information content (AvgIpc) is 2.92. The first kappa shape index (κ1) is 15.3. The molecule has 2 rings (SSSR count). The molecule has 2 aromatic rings. The highest BCUT2D eigenvalue weighted by Gasteiger charge is 2.04. The van der Waals surface area contributed by atoms with Gasteiger partial charge in [0, 0.05) is 23.7 Å². The number of nitrogens with zero attached hydrogens (tertiary/aromatic N) is 1. The van der Waals surface area contributed by atoms with Crippen molar-refractivity contribution < 1.29 is 9.90 Å². The number of anilines is 1. The molecule has 3 nitrogen and oxygen atoms in total. The van der Waals surface area contributed by atoms with Crippen molar-refractivity contribution in [1.29, 1.82) is 0 Å². The van der Waals surface area contributed by atoms with Crippen molar-refractivity contribution in [3.63, 3.8) is 0 Å². The second kappa shape index (κ2) is 7.09. The Morgan fingerprint density at radius 2 is 2.05 bits per heavy atom. The molecule has 0 aliphatic rings. The predicted molar refractivity (Wildman–Crippen MR) is 88.9 cm³/mol. The quantitative estimate of drug-likeness (QED) is 0.818. The van der Waals surface area contributed by atoms with Gasteiger partial charge >= 0.3 is 5.97 Å². The molecule has 1 aromatic heterocycles. The fraction of sp³-hybridized carbons (Fsp3) is 0.235. The molecule has 1 N–H and O–H groups in total. The topological polar surface area (TPSA) is 40.5 Å². The van der Waals surface area contributed by atoms with E-state index in [4.69, 9.17) is 5.11 Å². The molecule has 0 radical (unpaired) electrons. The van der Waals surface area contributed by atoms with Crippen LogP contribution in [-0.2, 0) is 17.8 Å². The molecule has 0 aliphatic heterocycles. The molecule has 110 valence electrons. The van der Waals surface area contributed by atoms with E-state index in [0.717, 1.165) is 18.5 Å². The van der Waals surface area contributed by atoms with E-state index in [9.17, 15) is 4.79 Å². The number of hydrogen-bond acceptors (Lipinski definition) is 3. The molecule has 0 bridgehead atoms. The molecule has 4 heteroatoms. The number of benzene rings is 1. The highest BCUT2D eigenvalue weighted by molar-refractivity contribution is 7.10. The zero-order valence-corrected chi connectivity index (χ0v) is 13.1. The van der Waals surface area contributed by atoms with Gasteiger partial charge in [0.05, 0.1) is 6.54 Å². The molecule has 0 saturated carbocycles. The Labute approximate surface area is 129 Å². The summed E-state index contributed by atoms with van der Waals surface area (Å²) in [4.78, 5) is 13.9. The molecular formula is C17H19NO2S. The summed E-state index contributed by atoms with van der Waals surface area (Å²) in [5, 5.41) is 10.6. The van der Waals surface area contributed by atoms with Gasteiger partial charge in [-0.1, -0.05) is 19.1 Å². The molecule has 0 aliphatic carbocycles. The van der Waals surface area contributed by atoms with Crippen molar-refractivity contribution in [1.82, 2.24) is 0 Å². The van der Waals surface area contributed by atoms with Gasteiger partial charge in [-0.15, -0.1) is 11.3 Å². The lowest BCUT2D eigenvalue weighted by molar-refractivity contribution is -0.131. The molecule has 21 heavy (non-hydrogen) atoms. The molecule has 0 amide bonds. The second-order valence-corrected chi connectivity index (χ2v) is 5.89. The van der Waals surface area contributed by atoms with Gasteiger partial charge in [-0.05, 0) is 47.2 Å². The van der Waals surface area contributed by atoms with E-state index in [1.54, 1.807) is 17.4 Å². The average molecular weight is 301 g/mol. The molecule has 0 unspecified atom stereocenters. The summed E-state index contributed by atoms with van der Waals surface area (Å²) in [6.45, 7) is 2.97. The van der Waals surface area contributed by atoms with E-state index in [1.165, 1.54) is 22.2 Å². The van der Waals surface area contributed by atoms with Crippen LogP contribution in [0, 0.1) is 0 Å². The fourth-order valence-electron chi connectivity index (χ4n) is 2.05. The van der Waals surface area contributed by atoms with E-state index < -0.39 is 5.97 Å². The minimum Gasteiger partial charge on any atom is -0.478 e. The largest absolute Gasteiger partial charge is 0.478 e. The van der Waals surface area contributed by atoms with Gasteiger partial charge in [0.15, 0.2) is 0 Å². The van der Waals surface area contributed by atoms with Crippen molar-refractivity contribution in [2.75, 3.05) is 11.9 Å². The summed E-state index contributed by atoms with van der Waals surface area (Å²) in [6, 6.07) is 10.6. The Hall–Kier alpha value is -2.07. The third kappa shape index (κ3) is 4.46. The van der Waals surface area contributed by atoms with Crippen LogP contribution < -0.4 is 4.90 Å². The first-order valence-electron chi connectivity index (χ1n) is 6.87. The number of aryl methyl sites for hydroxylation is 1. The maximum atomic E-state index is 10.5. The predicted octanol–water partition coefficient (Wildman–Crippen LogP) is 4.04. The third-order valence-corrected chi connectivity index (χ3v) is 4.21. The molecule has 1 heterocycles. The zero-order chi connectivity index (χ0) is 15.2. The van der Waals surface area contributed by atoms with Crippen molar-refractivity contribution in [2.45, 2.75) is 19.9 Å². The summed E-state index contributed by atoms with van der Waals surface area (Å²) >= 11 is 1.65. The van der Waals surface area contributed by atoms with Gasteiger partial charge in [-0.2, -0.15) is 0 Å². The van der Waals surface area contributed by atoms with Crippen LogP contribution in [0.2, 0.25) is 0 Å². The Balaban J connectivity index is 2.01. The molecule has 0 fully saturated rings. The summed E-state index contributed by atoms with van der Waals surface area (Å²) in [5.41, 5.74) is 3.46. The van der Waals surface area contributed by atoms with E-state index in [0.29, 0.717) is 0 Å². The summed E-state index contributed by atoms with van der Waals surface area (Å²) in [5.74, 6) is -0.920. The minimum absolute atomic E-state index is 0.817. The van der Waals surface area contributed by atoms with E-state index in [1.807, 2.05) is 11.4 Å². The van der Waals surface area contributed by atoms with Crippen molar-refractivity contribution in [3.8, 4) is 0 Å². The van der Waals surface area contributed by atoms with Crippen LogP contribution in [-0.4, -0.2) is 18.1 Å². The maximum absolute atomic E-state index is 10.5. The van der Waals surface area contributed by atoms with E-state index >= 15 is 0 Å². The minimum atomic E-state index is -0.920. The highest BCUT2D eigenvalue weighted by Crippen LogP contribution is 2.21. The van der Waals surface area contributed by atoms with Crippen molar-refractivity contribution in [2.24, 2.45) is 0 Å². The van der Waals surface area contributed by atoms with Crippen LogP contribution in [0.25, 0.3) is 6.08 Å². The number of aliphatic carboxylic acids is 1. The standard InChI is InChI=1S/C17H19NO2S/c1-3-13-4-7-15(8-5-13)18(2)11-16-10-14(12-21-16)6-9-17(19)20/h4-10,12H,3,11H2,1-2H3,(H,19,20). The van der Waals surface area contributed by atoms with Crippen molar-refractivity contribution in [3.05, 3.63) is 57.8 Å². The zero-order valence-electron chi connectivity index (χ0n) is 12.2. The van der Waals surface area contributed by atoms with Crippen LogP contribution in [0.5, 0.6) is 0 Å². The molecule has 1 aromatic carbocycles. The van der Waals surface area contributed by atoms with Gasteiger partial charge < -0.3 is 10.0 Å². The number of carbonyl (C=O) groups is 1. The molecular weight excluding hydrogens is 282 g/mol. The van der Waals surface area contributed by atoms with Gasteiger partial charge in [0.1, 0.15) is 0 Å². The fourth-order valence-corrected chi connectivity index (χ4v) is 2.95. The lowest BCUT2D eigenvalue weighted by Crippen LogP contribution is -2.15. The summed E-state index contributed by atoms with van der Waals surface area (Å²) in [7, 11) is 2.06. The maximum Gasteiger partial charge on any atom is 0.328 e. The summed E-state index contributed by atoms with van der Waals surface area (Å²) < 4.78 is 0. The number of carboxylic acid groups (broad SMARTS) is 1. The Morgan fingerprint density at radius 3 is 2.67 bits per heavy atom. The second-order valence-electron chi connectivity index (χ2n) is 4.89. The lowest BCUT2D eigenvalue weighted by Gasteiger charge is -2.18. The first-order chi connectivity index (χ1) is 10.1. The number of rotatable bonds is 6. The smallest absolute Gasteiger partial charge is 0.328 e. The lowest BCUT2D eigenvalue weighted by atomic mass is 10.1. The number of hydrogen-bond donors (Lipinski definition) is 1. The van der Waals surface area contributed by atoms with Gasteiger partial charge in [0.2, 0.25) is 0 Å². The number of carboxylic acids is 1. The SMILES string of the molecule is CCc1ccc(N(C)Cc2cc(C=CC(=O)O)cs2)cc1. The van der Waals surface area contributed by atoms with Crippen LogP contribution in [0.1, 0.15) is 22.9 Å². The van der Waals surface area contributed by atoms with Crippen molar-refractivity contribution >= 4 is 29.1 Å². The number of thiophene rings is 1. The molecule has 0 atom stereocenters. The van der Waals surface area contributed by atoms with Crippen LogP contribution >= 0.6 is 11.3 Å². The van der Waals surface area contributed by atoms with Crippen LogP contribution in [0.3, 0.4) is 0 Å². The van der Waals surface area contributed by atoms with E-state index in [-0.39, 0.29) is 0 Å². The monoisotopic (exact) mass is 301 g/mol. The van der Waals surface area contributed by atoms with Gasteiger partial charge in [0.25, 0.3) is 0 Å². The summed E-state index contributed by atoms with van der Waals surface area (Å²) in [6.07, 6.45) is 3.84. The normalized spacial score (nSPS) is 11.0. The van der Waals surface area contributed by atoms with Gasteiger partial charge in [-0.3, -0.25) is 0 Å². The Morgan fingerprint density at radius 1 is 1.33 bits per heavy atom. The highest BCUT2D eigenvalue weighted by atomic mass is 32.1. The Bertz CT molecular complexity index is 628. The Kier molecular flexibility index (Phi) is 5.17. The molecule has 0 saturated heterocycles. The third-order valence-electron chi connectivity index (χ3n) is 3.27. The van der Waals surface area contributed by atoms with Crippen LogP contribution in [0.4, 0.5) is 5.69 Å². The van der Waals surface area contributed by atoms with Gasteiger partial charge in [-0.25, -0.2) is 4.79 Å².